The molecule has 0 aromatic heterocycles. The number of nitrogens with zero attached hydrogens (tertiary/aromatic N) is 1. The maximum atomic E-state index is 12.9. The summed E-state index contributed by atoms with van der Waals surface area (Å²) in [6, 6.07) is 6.07. The van der Waals surface area contributed by atoms with Crippen molar-refractivity contribution in [3.63, 3.8) is 0 Å². The molecule has 1 N–H and O–H groups in total. The second-order valence-electron chi connectivity index (χ2n) is 5.74. The lowest BCUT2D eigenvalue weighted by Crippen LogP contribution is -2.40. The molecule has 1 aromatic carbocycles. The van der Waals surface area contributed by atoms with Crippen LogP contribution in [0.25, 0.3) is 0 Å². The molecule has 0 saturated carbocycles. The van der Waals surface area contributed by atoms with Crippen molar-refractivity contribution in [1.82, 2.24) is 10.2 Å². The van der Waals surface area contributed by atoms with Gasteiger partial charge in [0.25, 0.3) is 0 Å². The second kappa shape index (κ2) is 8.62. The van der Waals surface area contributed by atoms with Crippen molar-refractivity contribution >= 4 is 11.8 Å². The van der Waals surface area contributed by atoms with Crippen LogP contribution in [0.15, 0.2) is 24.3 Å². The van der Waals surface area contributed by atoms with Gasteiger partial charge in [0.1, 0.15) is 5.82 Å². The van der Waals surface area contributed by atoms with Crippen LogP contribution in [0.2, 0.25) is 0 Å². The fourth-order valence-electron chi connectivity index (χ4n) is 2.58. The van der Waals surface area contributed by atoms with Gasteiger partial charge in [0, 0.05) is 45.7 Å². The normalized spacial score (nSPS) is 15.2. The minimum atomic E-state index is -0.299. The quantitative estimate of drug-likeness (QED) is 0.867. The summed E-state index contributed by atoms with van der Waals surface area (Å²) in [6.45, 7) is 4.00. The number of hydrogen-bond acceptors (Lipinski definition) is 3. The van der Waals surface area contributed by atoms with Gasteiger partial charge in [-0.1, -0.05) is 12.1 Å². The lowest BCUT2D eigenvalue weighted by Gasteiger charge is -2.24. The van der Waals surface area contributed by atoms with Crippen LogP contribution in [0.5, 0.6) is 0 Å². The van der Waals surface area contributed by atoms with E-state index in [1.807, 2.05) is 0 Å². The highest BCUT2D eigenvalue weighted by molar-refractivity contribution is 5.78. The zero-order valence-electron chi connectivity index (χ0n) is 13.4. The third-order valence-electron chi connectivity index (χ3n) is 4.01. The predicted octanol–water partition coefficient (Wildman–Crippen LogP) is 1.72. The lowest BCUT2D eigenvalue weighted by atomic mass is 9.99. The molecule has 1 aliphatic heterocycles. The lowest BCUT2D eigenvalue weighted by molar-refractivity contribution is -0.131. The number of rotatable bonds is 6. The summed E-state index contributed by atoms with van der Waals surface area (Å²) in [6.07, 6.45) is 1.50. The van der Waals surface area contributed by atoms with E-state index < -0.39 is 0 Å². The zero-order valence-corrected chi connectivity index (χ0v) is 13.4. The van der Waals surface area contributed by atoms with Gasteiger partial charge in [0.2, 0.25) is 11.8 Å². The Hall–Kier alpha value is -1.95. The minimum absolute atomic E-state index is 0.00614. The summed E-state index contributed by atoms with van der Waals surface area (Å²) in [5.41, 5.74) is 0.859. The maximum Gasteiger partial charge on any atom is 0.223 e. The van der Waals surface area contributed by atoms with Gasteiger partial charge < -0.3 is 15.0 Å². The Balaban J connectivity index is 1.79. The highest BCUT2D eigenvalue weighted by Crippen LogP contribution is 2.14. The van der Waals surface area contributed by atoms with Crippen LogP contribution in [-0.2, 0) is 20.9 Å². The topological polar surface area (TPSA) is 58.6 Å². The highest BCUT2D eigenvalue weighted by Gasteiger charge is 2.21. The van der Waals surface area contributed by atoms with Crippen molar-refractivity contribution in [1.29, 1.82) is 0 Å². The van der Waals surface area contributed by atoms with E-state index in [1.165, 1.54) is 19.1 Å². The molecule has 0 aliphatic carbocycles. The summed E-state index contributed by atoms with van der Waals surface area (Å²) in [4.78, 5) is 25.4. The van der Waals surface area contributed by atoms with Crippen LogP contribution in [0.4, 0.5) is 4.39 Å². The molecule has 1 aromatic rings. The Morgan fingerprint density at radius 2 is 1.91 bits per heavy atom. The van der Waals surface area contributed by atoms with E-state index in [0.717, 1.165) is 18.4 Å². The number of hydrogen-bond donors (Lipinski definition) is 1. The van der Waals surface area contributed by atoms with Crippen LogP contribution in [0.1, 0.15) is 25.3 Å². The van der Waals surface area contributed by atoms with E-state index >= 15 is 0 Å². The molecule has 6 heteroatoms. The molecule has 1 aliphatic rings. The standard InChI is InChI=1S/C17H23FN2O3/c1-13(21)20(12-14-2-4-16(18)5-3-14)9-8-19-17(22)15-6-10-23-11-7-15/h2-5,15H,6-12H2,1H3,(H,19,22). The summed E-state index contributed by atoms with van der Waals surface area (Å²) < 4.78 is 18.2. The molecule has 1 heterocycles. The SMILES string of the molecule is CC(=O)N(CCNC(=O)C1CCOCC1)Cc1ccc(F)cc1. The van der Waals surface area contributed by atoms with Gasteiger partial charge in [-0.3, -0.25) is 9.59 Å². The molecule has 1 fully saturated rings. The van der Waals surface area contributed by atoms with Crippen molar-refractivity contribution in [3.8, 4) is 0 Å². The van der Waals surface area contributed by atoms with Gasteiger partial charge in [-0.15, -0.1) is 0 Å². The number of nitrogens with one attached hydrogen (secondary N) is 1. The van der Waals surface area contributed by atoms with Crippen LogP contribution < -0.4 is 5.32 Å². The third kappa shape index (κ3) is 5.63. The Morgan fingerprint density at radius 1 is 1.26 bits per heavy atom. The molecule has 126 valence electrons. The summed E-state index contributed by atoms with van der Waals surface area (Å²) in [5.74, 6) is -0.341. The number of halogens is 1. The van der Waals surface area contributed by atoms with Crippen molar-refractivity contribution in [2.24, 2.45) is 5.92 Å². The molecule has 0 spiro atoms. The number of carbonyl (C=O) groups is 2. The first-order chi connectivity index (χ1) is 11.1. The Morgan fingerprint density at radius 3 is 2.52 bits per heavy atom. The molecule has 0 atom stereocenters. The van der Waals surface area contributed by atoms with Crippen LogP contribution >= 0.6 is 0 Å². The molecule has 0 unspecified atom stereocenters. The van der Waals surface area contributed by atoms with Gasteiger partial charge >= 0.3 is 0 Å². The molecule has 0 radical (unpaired) electrons. The fourth-order valence-corrected chi connectivity index (χ4v) is 2.58. The molecule has 0 bridgehead atoms. The van der Waals surface area contributed by atoms with Crippen LogP contribution in [0.3, 0.4) is 0 Å². The Bertz CT molecular complexity index is 527. The fraction of sp³-hybridized carbons (Fsp3) is 0.529. The highest BCUT2D eigenvalue weighted by atomic mass is 19.1. The molecular formula is C17H23FN2O3. The van der Waals surface area contributed by atoms with E-state index in [1.54, 1.807) is 17.0 Å². The smallest absolute Gasteiger partial charge is 0.223 e. The van der Waals surface area contributed by atoms with Crippen molar-refractivity contribution in [2.45, 2.75) is 26.3 Å². The van der Waals surface area contributed by atoms with E-state index in [0.29, 0.717) is 32.8 Å². The molecule has 2 amide bonds. The van der Waals surface area contributed by atoms with E-state index in [4.69, 9.17) is 4.74 Å². The van der Waals surface area contributed by atoms with Gasteiger partial charge in [0.15, 0.2) is 0 Å². The Kier molecular flexibility index (Phi) is 6.52. The monoisotopic (exact) mass is 322 g/mol. The first-order valence-electron chi connectivity index (χ1n) is 7.91. The number of ether oxygens (including phenoxy) is 1. The van der Waals surface area contributed by atoms with Crippen molar-refractivity contribution in [3.05, 3.63) is 35.6 Å². The first kappa shape index (κ1) is 17.4. The first-order valence-corrected chi connectivity index (χ1v) is 7.91. The van der Waals surface area contributed by atoms with E-state index in [-0.39, 0.29) is 23.5 Å². The van der Waals surface area contributed by atoms with E-state index in [2.05, 4.69) is 5.32 Å². The average molecular weight is 322 g/mol. The summed E-state index contributed by atoms with van der Waals surface area (Å²) >= 11 is 0. The Labute approximate surface area is 135 Å². The van der Waals surface area contributed by atoms with E-state index in [9.17, 15) is 14.0 Å². The maximum absolute atomic E-state index is 12.9. The number of benzene rings is 1. The summed E-state index contributed by atoms with van der Waals surface area (Å²) in [7, 11) is 0. The largest absolute Gasteiger partial charge is 0.381 e. The number of amides is 2. The third-order valence-corrected chi connectivity index (χ3v) is 4.01. The number of carbonyl (C=O) groups excluding carboxylic acids is 2. The second-order valence-corrected chi connectivity index (χ2v) is 5.74. The molecule has 1 saturated heterocycles. The van der Waals surface area contributed by atoms with Gasteiger partial charge in [-0.25, -0.2) is 4.39 Å². The van der Waals surface area contributed by atoms with Crippen molar-refractivity contribution < 1.29 is 18.7 Å². The minimum Gasteiger partial charge on any atom is -0.381 e. The summed E-state index contributed by atoms with van der Waals surface area (Å²) in [5, 5.41) is 2.88. The zero-order chi connectivity index (χ0) is 16.7. The van der Waals surface area contributed by atoms with Crippen molar-refractivity contribution in [2.75, 3.05) is 26.3 Å². The molecular weight excluding hydrogens is 299 g/mol. The van der Waals surface area contributed by atoms with Gasteiger partial charge in [-0.05, 0) is 30.5 Å². The van der Waals surface area contributed by atoms with Gasteiger partial charge in [-0.2, -0.15) is 0 Å². The average Bonchev–Trinajstić information content (AvgIpc) is 2.56. The molecule has 23 heavy (non-hydrogen) atoms. The van der Waals surface area contributed by atoms with Gasteiger partial charge in [0.05, 0.1) is 0 Å². The molecule has 2 rings (SSSR count). The predicted molar refractivity (Wildman–Crippen MR) is 84.0 cm³/mol. The van der Waals surface area contributed by atoms with Crippen LogP contribution in [-0.4, -0.2) is 43.0 Å². The molecule has 5 nitrogen and oxygen atoms in total. The van der Waals surface area contributed by atoms with Crippen LogP contribution in [0, 0.1) is 11.7 Å².